The predicted octanol–water partition coefficient (Wildman–Crippen LogP) is 1.87. The summed E-state index contributed by atoms with van der Waals surface area (Å²) in [5, 5.41) is 26.9. The van der Waals surface area contributed by atoms with Gasteiger partial charge in [0.1, 0.15) is 11.5 Å². The third-order valence-electron chi connectivity index (χ3n) is 3.16. The van der Waals surface area contributed by atoms with Crippen LogP contribution in [0.1, 0.15) is 5.56 Å². The number of non-ortho nitro benzene ring substituents is 1. The summed E-state index contributed by atoms with van der Waals surface area (Å²) < 4.78 is 5.03. The van der Waals surface area contributed by atoms with Gasteiger partial charge in [-0.15, -0.1) is 0 Å². The number of carbonyl (C=O) groups excluding carboxylic acids is 1. The standard InChI is InChI=1S/C16H16N4O5/c1-25-14-5-2-12(3-6-14)17-10-16(22)19-18-9-11-8-13(20(23)24)4-7-15(11)21/h2-9,17,21H,10H2,1H3,(H,19,22)/b18-9-. The summed E-state index contributed by atoms with van der Waals surface area (Å²) in [7, 11) is 1.56. The van der Waals surface area contributed by atoms with Crippen molar-refractivity contribution in [3.8, 4) is 11.5 Å². The van der Waals surface area contributed by atoms with Gasteiger partial charge in [0, 0.05) is 23.4 Å². The zero-order valence-corrected chi connectivity index (χ0v) is 13.3. The molecule has 2 aromatic rings. The van der Waals surface area contributed by atoms with Gasteiger partial charge in [-0.2, -0.15) is 5.10 Å². The Morgan fingerprint density at radius 1 is 1.32 bits per heavy atom. The Kier molecular flexibility index (Phi) is 5.88. The number of nitrogens with zero attached hydrogens (tertiary/aromatic N) is 2. The van der Waals surface area contributed by atoms with E-state index in [1.807, 2.05) is 0 Å². The van der Waals surface area contributed by atoms with Crippen LogP contribution in [0.4, 0.5) is 11.4 Å². The lowest BCUT2D eigenvalue weighted by Gasteiger charge is -2.06. The molecular formula is C16H16N4O5. The molecule has 3 N–H and O–H groups in total. The highest BCUT2D eigenvalue weighted by molar-refractivity contribution is 5.86. The van der Waals surface area contributed by atoms with Crippen molar-refractivity contribution in [2.75, 3.05) is 19.0 Å². The Balaban J connectivity index is 1.87. The Morgan fingerprint density at radius 3 is 2.68 bits per heavy atom. The first-order chi connectivity index (χ1) is 12.0. The smallest absolute Gasteiger partial charge is 0.270 e. The second-order valence-corrected chi connectivity index (χ2v) is 4.88. The highest BCUT2D eigenvalue weighted by atomic mass is 16.6. The quantitative estimate of drug-likeness (QED) is 0.400. The zero-order valence-electron chi connectivity index (χ0n) is 13.3. The van der Waals surface area contributed by atoms with Crippen LogP contribution < -0.4 is 15.5 Å². The van der Waals surface area contributed by atoms with E-state index in [1.165, 1.54) is 12.1 Å². The predicted molar refractivity (Wildman–Crippen MR) is 92.0 cm³/mol. The number of nitro benzene ring substituents is 1. The van der Waals surface area contributed by atoms with Crippen LogP contribution in [0.3, 0.4) is 0 Å². The number of phenolic OH excluding ortho intramolecular Hbond substituents is 1. The van der Waals surface area contributed by atoms with Crippen LogP contribution in [0.25, 0.3) is 0 Å². The van der Waals surface area contributed by atoms with Gasteiger partial charge in [-0.05, 0) is 30.3 Å². The van der Waals surface area contributed by atoms with Gasteiger partial charge in [0.2, 0.25) is 0 Å². The molecule has 0 unspecified atom stereocenters. The van der Waals surface area contributed by atoms with Crippen molar-refractivity contribution >= 4 is 23.5 Å². The molecule has 0 aliphatic rings. The van der Waals surface area contributed by atoms with Crippen molar-refractivity contribution in [3.05, 3.63) is 58.1 Å². The van der Waals surface area contributed by atoms with Gasteiger partial charge >= 0.3 is 0 Å². The van der Waals surface area contributed by atoms with Crippen molar-refractivity contribution in [3.63, 3.8) is 0 Å². The van der Waals surface area contributed by atoms with Crippen molar-refractivity contribution in [2.45, 2.75) is 0 Å². The summed E-state index contributed by atoms with van der Waals surface area (Å²) in [6.07, 6.45) is 1.13. The van der Waals surface area contributed by atoms with E-state index in [-0.39, 0.29) is 23.5 Å². The number of benzene rings is 2. The number of phenols is 1. The molecule has 25 heavy (non-hydrogen) atoms. The highest BCUT2D eigenvalue weighted by Crippen LogP contribution is 2.21. The van der Waals surface area contributed by atoms with E-state index in [0.29, 0.717) is 5.75 Å². The largest absolute Gasteiger partial charge is 0.507 e. The topological polar surface area (TPSA) is 126 Å². The number of aromatic hydroxyl groups is 1. The molecule has 0 radical (unpaired) electrons. The number of hydrogen-bond acceptors (Lipinski definition) is 7. The van der Waals surface area contributed by atoms with E-state index in [0.717, 1.165) is 18.0 Å². The van der Waals surface area contributed by atoms with Crippen molar-refractivity contribution in [1.82, 2.24) is 5.43 Å². The van der Waals surface area contributed by atoms with E-state index in [9.17, 15) is 20.0 Å². The molecule has 0 atom stereocenters. The molecule has 0 spiro atoms. The van der Waals surface area contributed by atoms with Gasteiger partial charge in [-0.25, -0.2) is 5.43 Å². The van der Waals surface area contributed by atoms with Crippen LogP contribution in [0, 0.1) is 10.1 Å². The van der Waals surface area contributed by atoms with Gasteiger partial charge in [0.25, 0.3) is 11.6 Å². The fourth-order valence-electron chi connectivity index (χ4n) is 1.86. The summed E-state index contributed by atoms with van der Waals surface area (Å²) >= 11 is 0. The van der Waals surface area contributed by atoms with Crippen LogP contribution >= 0.6 is 0 Å². The lowest BCUT2D eigenvalue weighted by Crippen LogP contribution is -2.25. The molecule has 0 aliphatic carbocycles. The number of carbonyl (C=O) groups is 1. The Bertz CT molecular complexity index is 790. The maximum Gasteiger partial charge on any atom is 0.270 e. The van der Waals surface area contributed by atoms with Gasteiger partial charge in [0.15, 0.2) is 0 Å². The molecule has 0 heterocycles. The molecule has 0 aromatic heterocycles. The molecule has 2 rings (SSSR count). The number of hydrazone groups is 1. The average molecular weight is 344 g/mol. The average Bonchev–Trinajstić information content (AvgIpc) is 2.61. The van der Waals surface area contributed by atoms with E-state index >= 15 is 0 Å². The van der Waals surface area contributed by atoms with Crippen molar-refractivity contribution in [2.24, 2.45) is 5.10 Å². The van der Waals surface area contributed by atoms with Gasteiger partial charge < -0.3 is 15.2 Å². The fraction of sp³-hybridized carbons (Fsp3) is 0.125. The zero-order chi connectivity index (χ0) is 18.2. The van der Waals surface area contributed by atoms with Crippen LogP contribution in [0.5, 0.6) is 11.5 Å². The van der Waals surface area contributed by atoms with E-state index in [2.05, 4.69) is 15.8 Å². The summed E-state index contributed by atoms with van der Waals surface area (Å²) in [6, 6.07) is 10.5. The monoisotopic (exact) mass is 344 g/mol. The minimum absolute atomic E-state index is 0.0232. The molecular weight excluding hydrogens is 328 g/mol. The molecule has 9 nitrogen and oxygen atoms in total. The van der Waals surface area contributed by atoms with Crippen LogP contribution in [-0.4, -0.2) is 35.8 Å². The SMILES string of the molecule is COc1ccc(NCC(=O)N/N=C\c2cc([N+](=O)[O-])ccc2O)cc1. The molecule has 130 valence electrons. The first-order valence-corrected chi connectivity index (χ1v) is 7.17. The number of nitrogens with one attached hydrogen (secondary N) is 2. The third kappa shape index (κ3) is 5.20. The van der Waals surface area contributed by atoms with E-state index in [4.69, 9.17) is 4.74 Å². The third-order valence-corrected chi connectivity index (χ3v) is 3.16. The fourth-order valence-corrected chi connectivity index (χ4v) is 1.86. The van der Waals surface area contributed by atoms with Gasteiger partial charge in [-0.1, -0.05) is 0 Å². The Labute approximate surface area is 143 Å². The highest BCUT2D eigenvalue weighted by Gasteiger charge is 2.08. The van der Waals surface area contributed by atoms with Gasteiger partial charge in [0.05, 0.1) is 24.8 Å². The van der Waals surface area contributed by atoms with Crippen LogP contribution in [0.2, 0.25) is 0 Å². The minimum Gasteiger partial charge on any atom is -0.507 e. The number of rotatable bonds is 7. The molecule has 0 aliphatic heterocycles. The Hall–Kier alpha value is -3.62. The molecule has 0 fully saturated rings. The lowest BCUT2D eigenvalue weighted by atomic mass is 10.2. The molecule has 0 bridgehead atoms. The molecule has 0 saturated heterocycles. The van der Waals surface area contributed by atoms with E-state index in [1.54, 1.807) is 31.4 Å². The van der Waals surface area contributed by atoms with Gasteiger partial charge in [-0.3, -0.25) is 14.9 Å². The maximum absolute atomic E-state index is 11.7. The Morgan fingerprint density at radius 2 is 2.04 bits per heavy atom. The first kappa shape index (κ1) is 17.7. The van der Waals surface area contributed by atoms with Crippen molar-refractivity contribution < 1.29 is 19.6 Å². The first-order valence-electron chi connectivity index (χ1n) is 7.17. The number of nitro groups is 1. The lowest BCUT2D eigenvalue weighted by molar-refractivity contribution is -0.384. The summed E-state index contributed by atoms with van der Waals surface area (Å²) in [5.74, 6) is 0.105. The molecule has 2 aromatic carbocycles. The second kappa shape index (κ2) is 8.29. The summed E-state index contributed by atoms with van der Waals surface area (Å²) in [6.45, 7) is -0.0232. The molecule has 1 amide bonds. The van der Waals surface area contributed by atoms with E-state index < -0.39 is 10.8 Å². The van der Waals surface area contributed by atoms with Crippen LogP contribution in [0.15, 0.2) is 47.6 Å². The summed E-state index contributed by atoms with van der Waals surface area (Å²) in [5.41, 5.74) is 2.93. The number of hydrogen-bond donors (Lipinski definition) is 3. The number of anilines is 1. The molecule has 0 saturated carbocycles. The number of methoxy groups -OCH3 is 1. The molecule has 9 heteroatoms. The number of amides is 1. The van der Waals surface area contributed by atoms with Crippen LogP contribution in [-0.2, 0) is 4.79 Å². The second-order valence-electron chi connectivity index (χ2n) is 4.88. The van der Waals surface area contributed by atoms with Crippen molar-refractivity contribution in [1.29, 1.82) is 0 Å². The normalized spacial score (nSPS) is 10.4. The summed E-state index contributed by atoms with van der Waals surface area (Å²) in [4.78, 5) is 21.8. The maximum atomic E-state index is 11.7. The minimum atomic E-state index is -0.589. The number of ether oxygens (including phenoxy) is 1.